The predicted octanol–water partition coefficient (Wildman–Crippen LogP) is 3.97. The van der Waals surface area contributed by atoms with E-state index in [-0.39, 0.29) is 0 Å². The van der Waals surface area contributed by atoms with Crippen LogP contribution in [-0.4, -0.2) is 16.0 Å². The number of benzene rings is 1. The van der Waals surface area contributed by atoms with Crippen LogP contribution in [0.4, 0.5) is 11.5 Å². The molecule has 2 aromatic rings. The van der Waals surface area contributed by atoms with Crippen molar-refractivity contribution in [2.24, 2.45) is 0 Å². The number of rotatable bonds is 4. The Balaban J connectivity index is 1.77. The highest BCUT2D eigenvalue weighted by molar-refractivity contribution is 9.10. The largest absolute Gasteiger partial charge is 0.437 e. The maximum atomic E-state index is 6.12. The van der Waals surface area contributed by atoms with Gasteiger partial charge < -0.3 is 15.8 Å². The monoisotopic (exact) mass is 348 g/mol. The van der Waals surface area contributed by atoms with E-state index in [1.807, 2.05) is 24.3 Å². The first-order valence-corrected chi connectivity index (χ1v) is 7.82. The molecule has 0 saturated heterocycles. The molecule has 1 aliphatic carbocycles. The highest BCUT2D eigenvalue weighted by atomic mass is 79.9. The fourth-order valence-corrected chi connectivity index (χ4v) is 2.72. The Kier molecular flexibility index (Phi) is 4.24. The minimum absolute atomic E-state index is 0.382. The van der Waals surface area contributed by atoms with E-state index in [4.69, 9.17) is 10.5 Å². The van der Waals surface area contributed by atoms with Crippen LogP contribution in [0.15, 0.2) is 35.1 Å². The van der Waals surface area contributed by atoms with E-state index in [1.54, 1.807) is 0 Å². The maximum Gasteiger partial charge on any atom is 0.248 e. The first kappa shape index (κ1) is 14.1. The molecular formula is C15H17BrN4O. The number of ether oxygens (including phenoxy) is 1. The van der Waals surface area contributed by atoms with Crippen LogP contribution in [0.1, 0.15) is 25.7 Å². The lowest BCUT2D eigenvalue weighted by Gasteiger charge is -2.15. The average molecular weight is 349 g/mol. The van der Waals surface area contributed by atoms with Crippen molar-refractivity contribution in [3.05, 3.63) is 35.1 Å². The van der Waals surface area contributed by atoms with Crippen LogP contribution in [0.25, 0.3) is 0 Å². The number of aromatic nitrogens is 2. The molecule has 110 valence electrons. The lowest BCUT2D eigenvalue weighted by molar-refractivity contribution is 0.464. The summed E-state index contributed by atoms with van der Waals surface area (Å²) in [5.74, 6) is 1.73. The van der Waals surface area contributed by atoms with Crippen molar-refractivity contribution >= 4 is 27.4 Å². The van der Waals surface area contributed by atoms with Gasteiger partial charge in [0.05, 0.1) is 0 Å². The Morgan fingerprint density at radius 2 is 1.86 bits per heavy atom. The van der Waals surface area contributed by atoms with E-state index in [9.17, 15) is 0 Å². The van der Waals surface area contributed by atoms with E-state index in [2.05, 4.69) is 31.2 Å². The normalized spacial score (nSPS) is 15.1. The van der Waals surface area contributed by atoms with Gasteiger partial charge in [0, 0.05) is 10.5 Å². The molecule has 1 aromatic heterocycles. The second-order valence-corrected chi connectivity index (χ2v) is 6.04. The van der Waals surface area contributed by atoms with Gasteiger partial charge in [-0.15, -0.1) is 0 Å². The number of hydrogen-bond acceptors (Lipinski definition) is 5. The third-order valence-corrected chi connectivity index (χ3v) is 4.10. The van der Waals surface area contributed by atoms with Crippen molar-refractivity contribution in [1.82, 2.24) is 9.97 Å². The van der Waals surface area contributed by atoms with Crippen molar-refractivity contribution in [3.63, 3.8) is 0 Å². The zero-order valence-electron chi connectivity index (χ0n) is 11.6. The smallest absolute Gasteiger partial charge is 0.248 e. The van der Waals surface area contributed by atoms with Gasteiger partial charge in [0.15, 0.2) is 5.82 Å². The summed E-state index contributed by atoms with van der Waals surface area (Å²) in [6, 6.07) is 7.97. The minimum Gasteiger partial charge on any atom is -0.437 e. The van der Waals surface area contributed by atoms with E-state index < -0.39 is 0 Å². The summed E-state index contributed by atoms with van der Waals surface area (Å²) in [5.41, 5.74) is 6.57. The van der Waals surface area contributed by atoms with Gasteiger partial charge >= 0.3 is 0 Å². The van der Waals surface area contributed by atoms with Crippen molar-refractivity contribution in [2.45, 2.75) is 31.7 Å². The molecule has 5 nitrogen and oxygen atoms in total. The fourth-order valence-electron chi connectivity index (χ4n) is 2.45. The Morgan fingerprint density at radius 1 is 1.14 bits per heavy atom. The molecule has 0 bridgehead atoms. The third kappa shape index (κ3) is 3.44. The number of nitrogen functional groups attached to an aromatic ring is 1. The molecule has 3 N–H and O–H groups in total. The van der Waals surface area contributed by atoms with E-state index >= 15 is 0 Å². The second-order valence-electron chi connectivity index (χ2n) is 5.12. The number of nitrogens with one attached hydrogen (secondary N) is 1. The van der Waals surface area contributed by atoms with Crippen LogP contribution < -0.4 is 15.8 Å². The van der Waals surface area contributed by atoms with Crippen LogP contribution in [0.5, 0.6) is 11.6 Å². The van der Waals surface area contributed by atoms with E-state index in [0.29, 0.717) is 29.2 Å². The van der Waals surface area contributed by atoms with Crippen LogP contribution >= 0.6 is 15.9 Å². The summed E-state index contributed by atoms with van der Waals surface area (Å²) >= 11 is 3.39. The van der Waals surface area contributed by atoms with Gasteiger partial charge in [0.2, 0.25) is 5.88 Å². The Morgan fingerprint density at radius 3 is 2.57 bits per heavy atom. The van der Waals surface area contributed by atoms with Gasteiger partial charge in [-0.1, -0.05) is 28.8 Å². The zero-order valence-corrected chi connectivity index (χ0v) is 13.1. The van der Waals surface area contributed by atoms with Crippen molar-refractivity contribution < 1.29 is 4.74 Å². The number of halogens is 1. The van der Waals surface area contributed by atoms with E-state index in [1.165, 1.54) is 19.2 Å². The lowest BCUT2D eigenvalue weighted by atomic mass is 10.2. The molecule has 0 unspecified atom stereocenters. The standard InChI is InChI=1S/C15H17BrN4O/c16-10-5-7-12(8-6-10)21-15-13(17)14(18-9-19-15)20-11-3-1-2-4-11/h5-9,11H,1-4,17H2,(H,18,19,20). The predicted molar refractivity (Wildman–Crippen MR) is 86.5 cm³/mol. The molecule has 0 atom stereocenters. The molecule has 6 heteroatoms. The van der Waals surface area contributed by atoms with Crippen LogP contribution in [0.2, 0.25) is 0 Å². The van der Waals surface area contributed by atoms with E-state index in [0.717, 1.165) is 17.3 Å². The van der Waals surface area contributed by atoms with Gasteiger partial charge in [-0.2, -0.15) is 4.98 Å². The second kappa shape index (κ2) is 6.30. The molecule has 0 amide bonds. The van der Waals surface area contributed by atoms with Gasteiger partial charge in [-0.05, 0) is 37.1 Å². The van der Waals surface area contributed by atoms with Crippen LogP contribution in [-0.2, 0) is 0 Å². The van der Waals surface area contributed by atoms with Gasteiger partial charge in [-0.3, -0.25) is 0 Å². The number of anilines is 2. The number of hydrogen-bond donors (Lipinski definition) is 2. The third-order valence-electron chi connectivity index (χ3n) is 3.57. The minimum atomic E-state index is 0.382. The SMILES string of the molecule is Nc1c(NC2CCCC2)ncnc1Oc1ccc(Br)cc1. The lowest BCUT2D eigenvalue weighted by Crippen LogP contribution is -2.17. The topological polar surface area (TPSA) is 73.1 Å². The van der Waals surface area contributed by atoms with Crippen LogP contribution in [0, 0.1) is 0 Å². The molecule has 0 spiro atoms. The maximum absolute atomic E-state index is 6.12. The molecule has 1 heterocycles. The van der Waals surface area contributed by atoms with Crippen molar-refractivity contribution in [3.8, 4) is 11.6 Å². The average Bonchev–Trinajstić information content (AvgIpc) is 2.99. The molecule has 1 aromatic carbocycles. The Hall–Kier alpha value is -1.82. The van der Waals surface area contributed by atoms with Gasteiger partial charge in [0.25, 0.3) is 0 Å². The van der Waals surface area contributed by atoms with Gasteiger partial charge in [-0.25, -0.2) is 4.98 Å². The first-order chi connectivity index (χ1) is 10.2. The molecule has 0 radical (unpaired) electrons. The van der Waals surface area contributed by atoms with Crippen molar-refractivity contribution in [2.75, 3.05) is 11.1 Å². The Bertz CT molecular complexity index is 612. The summed E-state index contributed by atoms with van der Waals surface area (Å²) < 4.78 is 6.73. The summed E-state index contributed by atoms with van der Waals surface area (Å²) in [5, 5.41) is 3.38. The highest BCUT2D eigenvalue weighted by Crippen LogP contribution is 2.31. The summed E-state index contributed by atoms with van der Waals surface area (Å²) in [6.45, 7) is 0. The molecule has 21 heavy (non-hydrogen) atoms. The molecule has 3 rings (SSSR count). The summed E-state index contributed by atoms with van der Waals surface area (Å²) in [4.78, 5) is 8.34. The number of nitrogens with zero attached hydrogens (tertiary/aromatic N) is 2. The fraction of sp³-hybridized carbons (Fsp3) is 0.333. The molecule has 1 fully saturated rings. The van der Waals surface area contributed by atoms with Gasteiger partial charge in [0.1, 0.15) is 17.8 Å². The summed E-state index contributed by atoms with van der Waals surface area (Å²) in [7, 11) is 0. The molecular weight excluding hydrogens is 332 g/mol. The van der Waals surface area contributed by atoms with Crippen molar-refractivity contribution in [1.29, 1.82) is 0 Å². The molecule has 0 aliphatic heterocycles. The summed E-state index contributed by atoms with van der Waals surface area (Å²) in [6.07, 6.45) is 6.30. The highest BCUT2D eigenvalue weighted by Gasteiger charge is 2.18. The molecule has 1 saturated carbocycles. The van der Waals surface area contributed by atoms with Crippen LogP contribution in [0.3, 0.4) is 0 Å². The molecule has 1 aliphatic rings. The zero-order chi connectivity index (χ0) is 14.7. The number of nitrogens with two attached hydrogens (primary N) is 1. The quantitative estimate of drug-likeness (QED) is 0.874. The Labute approximate surface area is 132 Å². The first-order valence-electron chi connectivity index (χ1n) is 7.03.